The van der Waals surface area contributed by atoms with Crippen molar-refractivity contribution in [3.05, 3.63) is 71.2 Å². The van der Waals surface area contributed by atoms with Crippen molar-refractivity contribution in [2.45, 2.75) is 32.5 Å². The zero-order valence-corrected chi connectivity index (χ0v) is 19.8. The molecule has 1 radical (unpaired) electrons. The number of furan rings is 1. The van der Waals surface area contributed by atoms with Crippen LogP contribution in [0.3, 0.4) is 0 Å². The molecule has 1 nitrogen and oxygen atoms in total. The summed E-state index contributed by atoms with van der Waals surface area (Å²) in [6, 6.07) is 15.0. The number of hydrogen-bond donors (Lipinski definition) is 0. The van der Waals surface area contributed by atoms with Crippen molar-refractivity contribution in [1.29, 1.82) is 0 Å². The smallest absolute Gasteiger partial charge is 1.00 e. The summed E-state index contributed by atoms with van der Waals surface area (Å²) in [7, 11) is -1.08. The normalized spacial score (nSPS) is 18.0. The van der Waals surface area contributed by atoms with Gasteiger partial charge in [-0.3, -0.25) is 0 Å². The monoisotopic (exact) mass is 465 g/mol. The average Bonchev–Trinajstić information content (AvgIpc) is 3.13. The molecule has 3 heterocycles. The largest absolute Gasteiger partial charge is 3.00 e. The number of benzene rings is 1. The minimum absolute atomic E-state index is 0. The van der Waals surface area contributed by atoms with Gasteiger partial charge >= 0.3 is 26.2 Å². The molecule has 0 saturated heterocycles. The van der Waals surface area contributed by atoms with Gasteiger partial charge in [0.15, 0.2) is 0 Å². The number of rotatable bonds is 0. The molecule has 0 fully saturated rings. The predicted octanol–water partition coefficient (Wildman–Crippen LogP) is -0.177. The molecule has 2 aliphatic heterocycles. The fourth-order valence-electron chi connectivity index (χ4n) is 4.41. The maximum atomic E-state index is 5.51. The predicted molar refractivity (Wildman–Crippen MR) is 95.8 cm³/mol. The van der Waals surface area contributed by atoms with Crippen LogP contribution < -0.4 is 24.8 Å². The first-order valence-electron chi connectivity index (χ1n) is 7.91. The molecule has 0 N–H and O–H groups in total. The van der Waals surface area contributed by atoms with Gasteiger partial charge in [0.05, 0.1) is 14.3 Å². The Morgan fingerprint density at radius 3 is 2.32 bits per heavy atom. The van der Waals surface area contributed by atoms with E-state index in [-0.39, 0.29) is 51.0 Å². The second-order valence-electron chi connectivity index (χ2n) is 7.08. The first-order valence-corrected chi connectivity index (χ1v) is 11.0. The maximum absolute atomic E-state index is 5.51. The van der Waals surface area contributed by atoms with E-state index in [2.05, 4.69) is 69.4 Å². The molecule has 0 amide bonds. The zero-order valence-electron chi connectivity index (χ0n) is 14.9. The van der Waals surface area contributed by atoms with Gasteiger partial charge in [-0.1, -0.05) is 31.7 Å². The fraction of sp³-hybridized carbons (Fsp3) is 0.250. The van der Waals surface area contributed by atoms with Crippen molar-refractivity contribution >= 4 is 24.0 Å². The molecular weight excluding hydrogens is 446 g/mol. The molecule has 2 bridgehead atoms. The number of hydrogen-bond acceptors (Lipinski definition) is 1. The van der Waals surface area contributed by atoms with Gasteiger partial charge in [-0.2, -0.15) is 6.07 Å². The van der Waals surface area contributed by atoms with Gasteiger partial charge in [0.25, 0.3) is 0 Å². The van der Waals surface area contributed by atoms with Crippen molar-refractivity contribution < 1.29 is 55.4 Å². The Morgan fingerprint density at radius 1 is 1.04 bits per heavy atom. The summed E-state index contributed by atoms with van der Waals surface area (Å²) in [6.45, 7) is 9.26. The molecule has 129 valence electrons. The minimum atomic E-state index is -1.08. The fourth-order valence-corrected chi connectivity index (χ4v) is 8.65. The van der Waals surface area contributed by atoms with Crippen molar-refractivity contribution in [2.24, 2.45) is 0 Å². The third-order valence-corrected chi connectivity index (χ3v) is 9.29. The van der Waals surface area contributed by atoms with Gasteiger partial charge in [0.1, 0.15) is 5.76 Å². The van der Waals surface area contributed by atoms with Crippen LogP contribution in [0.15, 0.2) is 58.7 Å². The molecule has 1 aliphatic carbocycles. The van der Waals surface area contributed by atoms with Gasteiger partial charge in [-0.25, -0.2) is 0 Å². The van der Waals surface area contributed by atoms with Gasteiger partial charge in [0, 0.05) is 11.1 Å². The molecular formula is C20H21Cl2OSiZr. The summed E-state index contributed by atoms with van der Waals surface area (Å²) < 4.78 is 5.51. The Hall–Kier alpha value is -0.470. The van der Waals surface area contributed by atoms with Crippen LogP contribution in [0.1, 0.15) is 29.4 Å². The van der Waals surface area contributed by atoms with Crippen LogP contribution in [0.5, 0.6) is 0 Å². The number of fused-ring (bicyclic) bond motifs is 1. The van der Waals surface area contributed by atoms with Crippen molar-refractivity contribution in [1.82, 2.24) is 0 Å². The zero-order chi connectivity index (χ0) is 15.5. The summed E-state index contributed by atoms with van der Waals surface area (Å²) in [6.07, 6.45) is 1.83. The Bertz CT molecular complexity index is 874. The van der Waals surface area contributed by atoms with Crippen molar-refractivity contribution in [2.75, 3.05) is 0 Å². The van der Waals surface area contributed by atoms with Crippen LogP contribution in [0.4, 0.5) is 0 Å². The molecule has 3 aliphatic rings. The standard InChI is InChI=1S/C10H12OSi.C10H9.2ClH.Zr/c1-6-9-7-4-5-11-8(7)10(6)12(9,2)3;1-8-6-9-4-2-3-5-10(9)7-8;;;/h4-5,9H,1-3H3;2-7H,1H3;2*1H;/q;-1;;;+3/p-2. The van der Waals surface area contributed by atoms with E-state index in [9.17, 15) is 0 Å². The molecule has 1 aromatic heterocycles. The Morgan fingerprint density at radius 2 is 1.72 bits per heavy atom. The molecule has 1 atom stereocenters. The molecule has 5 heteroatoms. The minimum Gasteiger partial charge on any atom is -1.00 e. The summed E-state index contributed by atoms with van der Waals surface area (Å²) in [5.41, 5.74) is 5.18. The van der Waals surface area contributed by atoms with Crippen LogP contribution in [0.2, 0.25) is 13.1 Å². The second-order valence-corrected chi connectivity index (χ2v) is 11.6. The molecule has 6 rings (SSSR count). The van der Waals surface area contributed by atoms with Crippen molar-refractivity contribution in [3.63, 3.8) is 0 Å². The van der Waals surface area contributed by atoms with E-state index >= 15 is 0 Å². The first kappa shape index (κ1) is 22.6. The van der Waals surface area contributed by atoms with Gasteiger partial charge in [0.2, 0.25) is 0 Å². The number of halogens is 2. The van der Waals surface area contributed by atoms with Gasteiger partial charge < -0.3 is 29.2 Å². The summed E-state index contributed by atoms with van der Waals surface area (Å²) >= 11 is 0. The third kappa shape index (κ3) is 3.41. The summed E-state index contributed by atoms with van der Waals surface area (Å²) in [5.74, 6) is 1.22. The van der Waals surface area contributed by atoms with E-state index in [1.165, 1.54) is 27.7 Å². The van der Waals surface area contributed by atoms with Gasteiger partial charge in [-0.05, 0) is 18.2 Å². The topological polar surface area (TPSA) is 13.1 Å². The second kappa shape index (κ2) is 8.05. The first-order chi connectivity index (χ1) is 10.5. The van der Waals surface area contributed by atoms with Crippen molar-refractivity contribution in [3.8, 4) is 0 Å². The van der Waals surface area contributed by atoms with Crippen LogP contribution in [-0.4, -0.2) is 8.07 Å². The van der Waals surface area contributed by atoms with Gasteiger partial charge in [-0.15, -0.1) is 40.6 Å². The molecule has 2 aromatic carbocycles. The molecule has 25 heavy (non-hydrogen) atoms. The summed E-state index contributed by atoms with van der Waals surface area (Å²) in [5, 5.41) is 4.28. The average molecular weight is 468 g/mol. The Balaban J connectivity index is 0.000000226. The number of allylic oxidation sites excluding steroid dienone is 1. The molecule has 1 unspecified atom stereocenters. The van der Waals surface area contributed by atoms with Crippen LogP contribution in [0.25, 0.3) is 16.0 Å². The van der Waals surface area contributed by atoms with E-state index in [1.807, 2.05) is 6.26 Å². The van der Waals surface area contributed by atoms with Crippen LogP contribution >= 0.6 is 0 Å². The summed E-state index contributed by atoms with van der Waals surface area (Å²) in [4.78, 5) is 0. The SMILES string of the molecule is CC1=C2c3occc3C1[Si]2(C)C.Cc1cc2ccccc2[cH-]1.[Cl-].[Cl-].[Zr+3]. The van der Waals surface area contributed by atoms with E-state index in [4.69, 9.17) is 4.42 Å². The van der Waals surface area contributed by atoms with E-state index in [0.29, 0.717) is 0 Å². The molecule has 0 spiro atoms. The van der Waals surface area contributed by atoms with E-state index in [0.717, 1.165) is 5.54 Å². The Labute approximate surface area is 182 Å². The number of aryl methyl sites for hydroxylation is 1. The van der Waals surface area contributed by atoms with Crippen LogP contribution in [-0.2, 0) is 26.2 Å². The quantitative estimate of drug-likeness (QED) is 0.331. The maximum Gasteiger partial charge on any atom is 3.00 e. The Kier molecular flexibility index (Phi) is 7.26. The third-order valence-electron chi connectivity index (χ3n) is 5.19. The van der Waals surface area contributed by atoms with Crippen LogP contribution in [0, 0.1) is 6.92 Å². The molecule has 0 saturated carbocycles. The van der Waals surface area contributed by atoms with E-state index < -0.39 is 8.07 Å². The van der Waals surface area contributed by atoms with E-state index in [1.54, 1.807) is 10.8 Å². The molecule has 3 aromatic rings.